The van der Waals surface area contributed by atoms with E-state index < -0.39 is 28.5 Å². The first-order valence-electron chi connectivity index (χ1n) is 12.5. The van der Waals surface area contributed by atoms with Crippen LogP contribution in [0.3, 0.4) is 0 Å². The molecule has 0 aliphatic heterocycles. The first-order chi connectivity index (χ1) is 18.5. The molecule has 0 bridgehead atoms. The molecule has 0 saturated carbocycles. The summed E-state index contributed by atoms with van der Waals surface area (Å²) in [7, 11) is -2.28. The van der Waals surface area contributed by atoms with Gasteiger partial charge in [-0.15, -0.1) is 0 Å². The summed E-state index contributed by atoms with van der Waals surface area (Å²) in [6, 6.07) is 21.8. The van der Waals surface area contributed by atoms with Crippen LogP contribution in [0.5, 0.6) is 17.2 Å². The van der Waals surface area contributed by atoms with Crippen molar-refractivity contribution < 1.29 is 27.5 Å². The molecule has 1 N–H and O–H groups in total. The Balaban J connectivity index is 1.86. The number of anilines is 1. The van der Waals surface area contributed by atoms with E-state index >= 15 is 0 Å². The Hall–Kier alpha value is -4.05. The van der Waals surface area contributed by atoms with Crippen molar-refractivity contribution >= 4 is 27.5 Å². The number of hydrogen-bond acceptors (Lipinski definition) is 6. The van der Waals surface area contributed by atoms with Gasteiger partial charge in [0.05, 0.1) is 19.1 Å². The quantitative estimate of drug-likeness (QED) is 0.361. The van der Waals surface area contributed by atoms with Gasteiger partial charge in [0.1, 0.15) is 29.8 Å². The summed E-state index contributed by atoms with van der Waals surface area (Å²) < 4.78 is 37.6. The van der Waals surface area contributed by atoms with Crippen molar-refractivity contribution in [1.82, 2.24) is 10.2 Å². The van der Waals surface area contributed by atoms with Crippen LogP contribution in [-0.2, 0) is 26.2 Å². The first-order valence-corrected chi connectivity index (χ1v) is 14.4. The molecule has 3 aromatic rings. The largest absolute Gasteiger partial charge is 0.497 e. The van der Waals surface area contributed by atoms with E-state index in [2.05, 4.69) is 5.32 Å². The molecule has 10 heteroatoms. The van der Waals surface area contributed by atoms with Crippen LogP contribution in [0, 0.1) is 0 Å². The van der Waals surface area contributed by atoms with Crippen LogP contribution in [0.25, 0.3) is 0 Å². The second-order valence-electron chi connectivity index (χ2n) is 9.39. The zero-order chi connectivity index (χ0) is 28.6. The SMILES string of the molecule is COc1ccc(CN(C(=O)CN(c2ccc(Oc3ccccc3)cc2)S(C)(=O)=O)C(C)C(=O)NC(C)C)cc1. The third-order valence-corrected chi connectivity index (χ3v) is 7.03. The Labute approximate surface area is 230 Å². The number of ether oxygens (including phenoxy) is 2. The van der Waals surface area contributed by atoms with Gasteiger partial charge in [0, 0.05) is 12.6 Å². The maximum absolute atomic E-state index is 13.6. The van der Waals surface area contributed by atoms with Gasteiger partial charge in [-0.25, -0.2) is 8.42 Å². The molecular weight excluding hydrogens is 518 g/mol. The van der Waals surface area contributed by atoms with Gasteiger partial charge in [-0.3, -0.25) is 13.9 Å². The van der Waals surface area contributed by atoms with Crippen LogP contribution in [0.2, 0.25) is 0 Å². The number of nitrogens with zero attached hydrogens (tertiary/aromatic N) is 2. The molecule has 0 aliphatic carbocycles. The molecule has 9 nitrogen and oxygen atoms in total. The fourth-order valence-electron chi connectivity index (χ4n) is 3.83. The van der Waals surface area contributed by atoms with Gasteiger partial charge in [0.2, 0.25) is 21.8 Å². The van der Waals surface area contributed by atoms with Crippen LogP contribution in [-0.4, -0.2) is 57.1 Å². The second-order valence-corrected chi connectivity index (χ2v) is 11.3. The summed E-state index contributed by atoms with van der Waals surface area (Å²) in [5.74, 6) is 0.964. The summed E-state index contributed by atoms with van der Waals surface area (Å²) in [5.41, 5.74) is 1.07. The number of rotatable bonds is 12. The molecule has 0 spiro atoms. The van der Waals surface area contributed by atoms with Crippen LogP contribution in [0.15, 0.2) is 78.9 Å². The topological polar surface area (TPSA) is 105 Å². The maximum Gasteiger partial charge on any atom is 0.244 e. The van der Waals surface area contributed by atoms with Crippen molar-refractivity contribution in [2.45, 2.75) is 39.4 Å². The first kappa shape index (κ1) is 29.5. The molecule has 0 heterocycles. The van der Waals surface area contributed by atoms with Crippen molar-refractivity contribution in [3.05, 3.63) is 84.4 Å². The van der Waals surface area contributed by atoms with Gasteiger partial charge >= 0.3 is 0 Å². The van der Waals surface area contributed by atoms with Crippen molar-refractivity contribution in [3.8, 4) is 17.2 Å². The fraction of sp³-hybridized carbons (Fsp3) is 0.310. The number of nitrogens with one attached hydrogen (secondary N) is 1. The van der Waals surface area contributed by atoms with Gasteiger partial charge in [-0.05, 0) is 74.9 Å². The Morgan fingerprint density at radius 1 is 0.846 bits per heavy atom. The van der Waals surface area contributed by atoms with Crippen LogP contribution >= 0.6 is 0 Å². The molecule has 0 aromatic heterocycles. The summed E-state index contributed by atoms with van der Waals surface area (Å²) in [6.45, 7) is 4.91. The normalized spacial score (nSPS) is 11.9. The van der Waals surface area contributed by atoms with Crippen LogP contribution < -0.4 is 19.1 Å². The fourth-order valence-corrected chi connectivity index (χ4v) is 4.68. The third-order valence-electron chi connectivity index (χ3n) is 5.89. The highest BCUT2D eigenvalue weighted by Crippen LogP contribution is 2.26. The minimum absolute atomic E-state index is 0.108. The van der Waals surface area contributed by atoms with Crippen molar-refractivity contribution in [3.63, 3.8) is 0 Å². The number of para-hydroxylation sites is 1. The third kappa shape index (κ3) is 8.47. The number of sulfonamides is 1. The second kappa shape index (κ2) is 13.1. The summed E-state index contributed by atoms with van der Waals surface area (Å²) in [4.78, 5) is 27.9. The highest BCUT2D eigenvalue weighted by molar-refractivity contribution is 7.92. The number of carbonyl (C=O) groups is 2. The lowest BCUT2D eigenvalue weighted by Crippen LogP contribution is -2.52. The van der Waals surface area contributed by atoms with E-state index in [0.29, 0.717) is 22.9 Å². The molecule has 3 aromatic carbocycles. The van der Waals surface area contributed by atoms with E-state index in [4.69, 9.17) is 9.47 Å². The predicted octanol–water partition coefficient (Wildman–Crippen LogP) is 4.20. The summed E-state index contributed by atoms with van der Waals surface area (Å²) >= 11 is 0. The molecule has 3 rings (SSSR count). The van der Waals surface area contributed by atoms with E-state index in [0.717, 1.165) is 16.1 Å². The van der Waals surface area contributed by atoms with Gasteiger partial charge in [0.25, 0.3) is 0 Å². The molecule has 0 aliphatic rings. The Bertz CT molecular complexity index is 1340. The summed E-state index contributed by atoms with van der Waals surface area (Å²) in [6.07, 6.45) is 1.04. The van der Waals surface area contributed by atoms with Crippen LogP contribution in [0.4, 0.5) is 5.69 Å². The zero-order valence-electron chi connectivity index (χ0n) is 22.8. The average Bonchev–Trinajstić information content (AvgIpc) is 2.90. The highest BCUT2D eigenvalue weighted by atomic mass is 32.2. The number of hydrogen-bond donors (Lipinski definition) is 1. The number of amides is 2. The van der Waals surface area contributed by atoms with E-state index in [1.165, 1.54) is 4.90 Å². The molecule has 208 valence electrons. The smallest absolute Gasteiger partial charge is 0.244 e. The molecular formula is C29H35N3O6S. The van der Waals surface area contributed by atoms with E-state index in [1.807, 2.05) is 44.2 Å². The van der Waals surface area contributed by atoms with Gasteiger partial charge < -0.3 is 19.7 Å². The Morgan fingerprint density at radius 2 is 1.41 bits per heavy atom. The van der Waals surface area contributed by atoms with Crippen LogP contribution in [0.1, 0.15) is 26.3 Å². The lowest BCUT2D eigenvalue weighted by atomic mass is 10.1. The Kier molecular flexibility index (Phi) is 9.95. The molecule has 1 atom stereocenters. The monoisotopic (exact) mass is 553 g/mol. The van der Waals surface area contributed by atoms with E-state index in [9.17, 15) is 18.0 Å². The average molecular weight is 554 g/mol. The van der Waals surface area contributed by atoms with E-state index in [1.54, 1.807) is 62.6 Å². The minimum Gasteiger partial charge on any atom is -0.497 e. The Morgan fingerprint density at radius 3 is 1.95 bits per heavy atom. The van der Waals surface area contributed by atoms with Gasteiger partial charge in [0.15, 0.2) is 0 Å². The van der Waals surface area contributed by atoms with Gasteiger partial charge in [-0.2, -0.15) is 0 Å². The predicted molar refractivity (Wildman–Crippen MR) is 151 cm³/mol. The molecule has 0 saturated heterocycles. The molecule has 1 unspecified atom stereocenters. The minimum atomic E-state index is -3.84. The zero-order valence-corrected chi connectivity index (χ0v) is 23.6. The summed E-state index contributed by atoms with van der Waals surface area (Å²) in [5, 5.41) is 2.82. The molecule has 39 heavy (non-hydrogen) atoms. The molecule has 2 amide bonds. The molecule has 0 fully saturated rings. The van der Waals surface area contributed by atoms with Crippen molar-refractivity contribution in [2.24, 2.45) is 0 Å². The van der Waals surface area contributed by atoms with E-state index in [-0.39, 0.29) is 18.5 Å². The number of methoxy groups -OCH3 is 1. The lowest BCUT2D eigenvalue weighted by Gasteiger charge is -2.32. The standard InChI is InChI=1S/C29H35N3O6S/c1-21(2)30-29(34)22(3)31(19-23-11-15-25(37-4)16-12-23)28(33)20-32(39(5,35)36)24-13-17-27(18-14-24)38-26-9-7-6-8-10-26/h6-18,21-22H,19-20H2,1-5H3,(H,30,34). The van der Waals surface area contributed by atoms with Gasteiger partial charge in [-0.1, -0.05) is 30.3 Å². The number of benzene rings is 3. The molecule has 0 radical (unpaired) electrons. The lowest BCUT2D eigenvalue weighted by molar-refractivity contribution is -0.139. The maximum atomic E-state index is 13.6. The van der Waals surface area contributed by atoms with Crippen molar-refractivity contribution in [1.29, 1.82) is 0 Å². The van der Waals surface area contributed by atoms with Crippen molar-refractivity contribution in [2.75, 3.05) is 24.2 Å². The number of carbonyl (C=O) groups excluding carboxylic acids is 2. The highest BCUT2D eigenvalue weighted by Gasteiger charge is 2.30.